The van der Waals surface area contributed by atoms with Crippen molar-refractivity contribution in [1.82, 2.24) is 0 Å². The molecule has 0 N–H and O–H groups in total. The molecule has 0 saturated heterocycles. The smallest absolute Gasteiger partial charge is 0.460 e. The summed E-state index contributed by atoms with van der Waals surface area (Å²) >= 11 is 0. The highest BCUT2D eigenvalue weighted by molar-refractivity contribution is 5.91. The molecule has 0 bridgehead atoms. The SMILES string of the molecule is COCCOC(=O)c1ccc(OC(Oc2ccc(C(=O)OCCOC)cc2)(Oc2ccc(C(=O)OCCOC)cc2)Oc2ccc(C(=O)OCCOC)cc2)cc1. The first-order valence-electron chi connectivity index (χ1n) is 17.5. The molecule has 4 rings (SSSR count). The van der Waals surface area contributed by atoms with Crippen LogP contribution >= 0.6 is 0 Å². The van der Waals surface area contributed by atoms with Gasteiger partial charge in [0.05, 0.1) is 48.7 Å². The van der Waals surface area contributed by atoms with Gasteiger partial charge in [0.1, 0.15) is 49.4 Å². The van der Waals surface area contributed by atoms with E-state index in [2.05, 4.69) is 0 Å². The fourth-order valence-electron chi connectivity index (χ4n) is 4.54. The molecule has 0 radical (unpaired) electrons. The Morgan fingerprint density at radius 2 is 0.526 bits per heavy atom. The summed E-state index contributed by atoms with van der Waals surface area (Å²) in [6, 6.07) is 23.5. The van der Waals surface area contributed by atoms with Crippen LogP contribution in [-0.2, 0) is 37.9 Å². The van der Waals surface area contributed by atoms with Crippen molar-refractivity contribution < 1.29 is 76.0 Å². The standard InChI is InChI=1S/C41H44O16/c1-46-21-25-50-37(42)29-5-13-33(14-6-29)54-41(55-34-15-7-30(8-16-34)38(43)51-26-22-47-2,56-35-17-9-31(10-18-35)39(44)52-27-23-48-3)57-36-19-11-32(12-20-36)40(45)53-28-24-49-4/h5-20H,21-28H2,1-4H3. The second-order valence-electron chi connectivity index (χ2n) is 11.5. The molecule has 0 heterocycles. The fraction of sp³-hybridized carbons (Fsp3) is 0.317. The van der Waals surface area contributed by atoms with Gasteiger partial charge in [0.15, 0.2) is 0 Å². The van der Waals surface area contributed by atoms with Crippen LogP contribution in [0.5, 0.6) is 23.0 Å². The van der Waals surface area contributed by atoms with Crippen molar-refractivity contribution in [2.75, 3.05) is 81.3 Å². The normalized spacial score (nSPS) is 10.9. The summed E-state index contributed by atoms with van der Waals surface area (Å²) < 4.78 is 65.9. The summed E-state index contributed by atoms with van der Waals surface area (Å²) in [7, 11) is 5.96. The van der Waals surface area contributed by atoms with E-state index in [1.807, 2.05) is 0 Å². The third-order valence-electron chi connectivity index (χ3n) is 7.41. The highest BCUT2D eigenvalue weighted by atomic mass is 17.0. The number of carbonyl (C=O) groups is 4. The molecule has 0 aliphatic rings. The number of benzene rings is 4. The van der Waals surface area contributed by atoms with Crippen LogP contribution in [0.1, 0.15) is 41.4 Å². The predicted molar refractivity (Wildman–Crippen MR) is 200 cm³/mol. The topological polar surface area (TPSA) is 179 Å². The second-order valence-corrected chi connectivity index (χ2v) is 11.5. The van der Waals surface area contributed by atoms with Crippen LogP contribution in [0.2, 0.25) is 0 Å². The van der Waals surface area contributed by atoms with E-state index >= 15 is 0 Å². The quantitative estimate of drug-likeness (QED) is 0.0394. The Morgan fingerprint density at radius 3 is 0.702 bits per heavy atom. The predicted octanol–water partition coefficient (Wildman–Crippen LogP) is 5.13. The Hall–Kier alpha value is -6.20. The molecule has 0 aromatic heterocycles. The molecular formula is C41H44O16. The van der Waals surface area contributed by atoms with Crippen molar-refractivity contribution >= 4 is 23.9 Å². The van der Waals surface area contributed by atoms with Crippen LogP contribution in [0.4, 0.5) is 0 Å². The van der Waals surface area contributed by atoms with Crippen LogP contribution in [-0.4, -0.2) is 111 Å². The molecule has 16 heteroatoms. The van der Waals surface area contributed by atoms with Crippen LogP contribution in [0, 0.1) is 0 Å². The maximum atomic E-state index is 12.6. The molecule has 0 aliphatic carbocycles. The third kappa shape index (κ3) is 14.1. The fourth-order valence-corrected chi connectivity index (χ4v) is 4.54. The second kappa shape index (κ2) is 23.0. The van der Waals surface area contributed by atoms with E-state index in [1.54, 1.807) is 0 Å². The summed E-state index contributed by atoms with van der Waals surface area (Å²) in [6.07, 6.45) is -2.50. The Bertz CT molecular complexity index is 1570. The van der Waals surface area contributed by atoms with E-state index in [-0.39, 0.29) is 98.1 Å². The molecule has 304 valence electrons. The summed E-state index contributed by atoms with van der Waals surface area (Å²) in [5, 5.41) is 0. The van der Waals surface area contributed by atoms with Gasteiger partial charge in [-0.05, 0) is 97.1 Å². The van der Waals surface area contributed by atoms with E-state index in [0.717, 1.165) is 0 Å². The Morgan fingerprint density at radius 1 is 0.333 bits per heavy atom. The molecule has 16 nitrogen and oxygen atoms in total. The lowest BCUT2D eigenvalue weighted by Gasteiger charge is -2.32. The van der Waals surface area contributed by atoms with Crippen LogP contribution in [0.15, 0.2) is 97.1 Å². The third-order valence-corrected chi connectivity index (χ3v) is 7.41. The molecule has 0 saturated carbocycles. The van der Waals surface area contributed by atoms with Gasteiger partial charge in [-0.15, -0.1) is 0 Å². The van der Waals surface area contributed by atoms with Crippen LogP contribution < -0.4 is 18.9 Å². The number of carbonyl (C=O) groups excluding carboxylic acids is 4. The lowest BCUT2D eigenvalue weighted by Crippen LogP contribution is -2.53. The van der Waals surface area contributed by atoms with E-state index in [1.165, 1.54) is 126 Å². The Labute approximate surface area is 329 Å². The Balaban J connectivity index is 1.72. The van der Waals surface area contributed by atoms with Crippen molar-refractivity contribution in [2.45, 2.75) is 6.16 Å². The zero-order valence-electron chi connectivity index (χ0n) is 31.9. The lowest BCUT2D eigenvalue weighted by atomic mass is 10.2. The highest BCUT2D eigenvalue weighted by Gasteiger charge is 2.44. The number of ether oxygens (including phenoxy) is 12. The zero-order valence-corrected chi connectivity index (χ0v) is 31.9. The molecule has 4 aromatic rings. The minimum absolute atomic E-state index is 0.0587. The monoisotopic (exact) mass is 792 g/mol. The number of methoxy groups -OCH3 is 4. The lowest BCUT2D eigenvalue weighted by molar-refractivity contribution is -0.367. The molecule has 0 fully saturated rings. The largest absolute Gasteiger partial charge is 0.611 e. The maximum absolute atomic E-state index is 12.6. The van der Waals surface area contributed by atoms with E-state index < -0.39 is 30.0 Å². The Kier molecular flexibility index (Phi) is 17.6. The number of rotatable bonds is 24. The minimum atomic E-state index is -2.50. The van der Waals surface area contributed by atoms with Crippen LogP contribution in [0.25, 0.3) is 0 Å². The summed E-state index contributed by atoms with van der Waals surface area (Å²) in [4.78, 5) is 50.3. The summed E-state index contributed by atoms with van der Waals surface area (Å²) in [5.41, 5.74) is 0.892. The first-order chi connectivity index (χ1) is 27.7. The summed E-state index contributed by atoms with van der Waals surface area (Å²) in [6.45, 7) is 1.14. The van der Waals surface area contributed by atoms with Crippen molar-refractivity contribution in [1.29, 1.82) is 0 Å². The highest BCUT2D eigenvalue weighted by Crippen LogP contribution is 2.31. The van der Waals surface area contributed by atoms with E-state index in [4.69, 9.17) is 56.8 Å². The number of hydrogen-bond donors (Lipinski definition) is 0. The van der Waals surface area contributed by atoms with Gasteiger partial charge in [-0.2, -0.15) is 0 Å². The van der Waals surface area contributed by atoms with Crippen molar-refractivity contribution in [2.24, 2.45) is 0 Å². The minimum Gasteiger partial charge on any atom is -0.460 e. The van der Waals surface area contributed by atoms with Crippen molar-refractivity contribution in [3.8, 4) is 23.0 Å². The van der Waals surface area contributed by atoms with E-state index in [0.29, 0.717) is 0 Å². The van der Waals surface area contributed by atoms with Gasteiger partial charge in [-0.25, -0.2) is 19.2 Å². The average molecular weight is 793 g/mol. The van der Waals surface area contributed by atoms with Crippen molar-refractivity contribution in [3.05, 3.63) is 119 Å². The number of hydrogen-bond acceptors (Lipinski definition) is 16. The molecule has 4 aromatic carbocycles. The van der Waals surface area contributed by atoms with Crippen molar-refractivity contribution in [3.63, 3.8) is 0 Å². The summed E-state index contributed by atoms with van der Waals surface area (Å²) in [5.74, 6) is -1.91. The molecule has 0 aliphatic heterocycles. The molecule has 0 atom stereocenters. The van der Waals surface area contributed by atoms with Gasteiger partial charge in [-0.3, -0.25) is 0 Å². The zero-order chi connectivity index (χ0) is 40.9. The van der Waals surface area contributed by atoms with Gasteiger partial charge in [0.25, 0.3) is 0 Å². The van der Waals surface area contributed by atoms with Gasteiger partial charge < -0.3 is 56.8 Å². The molecule has 0 spiro atoms. The van der Waals surface area contributed by atoms with Gasteiger partial charge in [0.2, 0.25) is 0 Å². The molecule has 0 unspecified atom stereocenters. The van der Waals surface area contributed by atoms with Gasteiger partial charge in [-0.1, -0.05) is 0 Å². The van der Waals surface area contributed by atoms with Gasteiger partial charge in [0, 0.05) is 28.4 Å². The van der Waals surface area contributed by atoms with Gasteiger partial charge >= 0.3 is 30.0 Å². The molecule has 0 amide bonds. The van der Waals surface area contributed by atoms with E-state index in [9.17, 15) is 19.2 Å². The molecule has 57 heavy (non-hydrogen) atoms. The first-order valence-corrected chi connectivity index (χ1v) is 17.5. The molecular weight excluding hydrogens is 748 g/mol. The van der Waals surface area contributed by atoms with Crippen LogP contribution in [0.3, 0.4) is 0 Å². The number of esters is 4. The first kappa shape index (κ1) is 43.5. The average Bonchev–Trinajstić information content (AvgIpc) is 3.22. The maximum Gasteiger partial charge on any atom is 0.611 e.